The molecule has 3 rings (SSSR count). The first-order valence-electron chi connectivity index (χ1n) is 9.90. The molecule has 0 fully saturated rings. The summed E-state index contributed by atoms with van der Waals surface area (Å²) in [5, 5.41) is 8.98. The Morgan fingerprint density at radius 2 is 1.91 bits per heavy atom. The average Bonchev–Trinajstić information content (AvgIpc) is 2.78. The van der Waals surface area contributed by atoms with Gasteiger partial charge in [0.05, 0.1) is 17.6 Å². The molecule has 164 valence electrons. The predicted molar refractivity (Wildman–Crippen MR) is 129 cm³/mol. The molecule has 0 aliphatic heterocycles. The topological polar surface area (TPSA) is 118 Å². The van der Waals surface area contributed by atoms with Gasteiger partial charge in [-0.3, -0.25) is 9.54 Å². The molecule has 32 heavy (non-hydrogen) atoms. The van der Waals surface area contributed by atoms with Gasteiger partial charge in [0.1, 0.15) is 16.3 Å². The van der Waals surface area contributed by atoms with Crippen LogP contribution in [0.5, 0.6) is 0 Å². The van der Waals surface area contributed by atoms with E-state index in [1.807, 2.05) is 18.2 Å². The number of pyridine rings is 1. The lowest BCUT2D eigenvalue weighted by Gasteiger charge is -2.09. The van der Waals surface area contributed by atoms with E-state index in [4.69, 9.17) is 5.73 Å². The van der Waals surface area contributed by atoms with Crippen LogP contribution < -0.4 is 5.73 Å². The van der Waals surface area contributed by atoms with E-state index in [1.54, 1.807) is 36.4 Å². The molecule has 0 aliphatic carbocycles. The van der Waals surface area contributed by atoms with Gasteiger partial charge < -0.3 is 5.73 Å². The Balaban J connectivity index is 1.88. The number of anilines is 1. The number of benzene rings is 2. The monoisotopic (exact) mass is 448 g/mol. The quantitative estimate of drug-likeness (QED) is 0.187. The molecule has 0 spiro atoms. The van der Waals surface area contributed by atoms with Crippen molar-refractivity contribution in [2.75, 3.05) is 5.73 Å². The number of nitrogen functional groups attached to an aromatic ring is 1. The second-order valence-corrected chi connectivity index (χ2v) is 8.57. The number of fused-ring (bicyclic) bond motifs is 1. The van der Waals surface area contributed by atoms with Crippen molar-refractivity contribution in [2.45, 2.75) is 25.2 Å². The summed E-state index contributed by atoms with van der Waals surface area (Å²) in [5.41, 5.74) is 9.73. The summed E-state index contributed by atoms with van der Waals surface area (Å²) in [6.45, 7) is 8.17. The van der Waals surface area contributed by atoms with E-state index in [-0.39, 0.29) is 16.3 Å². The molecule has 1 aromatic heterocycles. The van der Waals surface area contributed by atoms with E-state index in [0.29, 0.717) is 22.2 Å². The fourth-order valence-corrected chi connectivity index (χ4v) is 3.64. The normalized spacial score (nSPS) is 12.8. The van der Waals surface area contributed by atoms with Gasteiger partial charge in [0.25, 0.3) is 10.1 Å². The molecule has 0 aliphatic rings. The van der Waals surface area contributed by atoms with Crippen LogP contribution in [0.25, 0.3) is 16.3 Å². The highest BCUT2D eigenvalue weighted by molar-refractivity contribution is 7.86. The van der Waals surface area contributed by atoms with Crippen molar-refractivity contribution in [3.8, 4) is 0 Å². The van der Waals surface area contributed by atoms with Crippen LogP contribution in [0.1, 0.15) is 26.0 Å². The van der Waals surface area contributed by atoms with Gasteiger partial charge in [0, 0.05) is 10.8 Å². The Labute approximate surface area is 187 Å². The van der Waals surface area contributed by atoms with E-state index in [0.717, 1.165) is 12.0 Å². The smallest absolute Gasteiger partial charge is 0.295 e. The highest BCUT2D eigenvalue weighted by atomic mass is 32.2. The number of hydrogen-bond acceptors (Lipinski definition) is 6. The van der Waals surface area contributed by atoms with E-state index < -0.39 is 10.1 Å². The first-order valence-corrected chi connectivity index (χ1v) is 11.3. The minimum Gasteiger partial charge on any atom is -0.396 e. The van der Waals surface area contributed by atoms with Crippen LogP contribution in [0.2, 0.25) is 0 Å². The maximum absolute atomic E-state index is 11.8. The molecule has 0 unspecified atom stereocenters. The number of allylic oxidation sites excluding steroid dienone is 5. The molecule has 0 radical (unpaired) electrons. The highest BCUT2D eigenvalue weighted by Crippen LogP contribution is 2.36. The van der Waals surface area contributed by atoms with Crippen molar-refractivity contribution in [1.82, 2.24) is 4.98 Å². The van der Waals surface area contributed by atoms with Gasteiger partial charge in [-0.15, -0.1) is 10.2 Å². The largest absolute Gasteiger partial charge is 0.396 e. The first kappa shape index (κ1) is 23.1. The second-order valence-electron chi connectivity index (χ2n) is 7.18. The van der Waals surface area contributed by atoms with E-state index in [1.165, 1.54) is 17.8 Å². The summed E-state index contributed by atoms with van der Waals surface area (Å²) >= 11 is 0. The van der Waals surface area contributed by atoms with Crippen LogP contribution in [-0.2, 0) is 10.1 Å². The SMILES string of the molecule is C=C(/C=C\C=C(\C)CC)c1ccc(N=Nc2cc(S(=O)(=O)O)c3ccccc3c2N)cn1. The minimum atomic E-state index is -4.47. The molecular weight excluding hydrogens is 424 g/mol. The third-order valence-electron chi connectivity index (χ3n) is 4.89. The van der Waals surface area contributed by atoms with E-state index >= 15 is 0 Å². The zero-order valence-corrected chi connectivity index (χ0v) is 18.7. The Morgan fingerprint density at radius 3 is 2.53 bits per heavy atom. The van der Waals surface area contributed by atoms with Crippen LogP contribution in [-0.4, -0.2) is 18.0 Å². The Hall–Kier alpha value is -3.62. The van der Waals surface area contributed by atoms with E-state index in [2.05, 4.69) is 35.6 Å². The number of azo groups is 1. The fraction of sp³-hybridized carbons (Fsp3) is 0.125. The lowest BCUT2D eigenvalue weighted by Crippen LogP contribution is -2.01. The average molecular weight is 449 g/mol. The van der Waals surface area contributed by atoms with Gasteiger partial charge in [-0.25, -0.2) is 0 Å². The van der Waals surface area contributed by atoms with Crippen LogP contribution >= 0.6 is 0 Å². The van der Waals surface area contributed by atoms with Gasteiger partial charge >= 0.3 is 0 Å². The zero-order chi connectivity index (χ0) is 23.3. The van der Waals surface area contributed by atoms with E-state index in [9.17, 15) is 13.0 Å². The number of rotatable bonds is 7. The molecule has 3 aromatic rings. The van der Waals surface area contributed by atoms with Crippen LogP contribution in [0.3, 0.4) is 0 Å². The Bertz CT molecular complexity index is 1360. The molecule has 7 nitrogen and oxygen atoms in total. The molecule has 0 amide bonds. The van der Waals surface area contributed by atoms with Crippen LogP contribution in [0, 0.1) is 0 Å². The summed E-state index contributed by atoms with van der Waals surface area (Å²) < 4.78 is 33.3. The van der Waals surface area contributed by atoms with Crippen molar-refractivity contribution >= 4 is 43.5 Å². The molecule has 0 saturated heterocycles. The van der Waals surface area contributed by atoms with Crippen LogP contribution in [0.15, 0.2) is 94.2 Å². The molecule has 0 bridgehead atoms. The maximum atomic E-state index is 11.8. The van der Waals surface area contributed by atoms with Gasteiger partial charge in [-0.05, 0) is 37.1 Å². The predicted octanol–water partition coefficient (Wildman–Crippen LogP) is 6.40. The molecule has 1 heterocycles. The first-order chi connectivity index (χ1) is 15.2. The molecule has 3 N–H and O–H groups in total. The highest BCUT2D eigenvalue weighted by Gasteiger charge is 2.18. The summed E-state index contributed by atoms with van der Waals surface area (Å²) in [6, 6.07) is 11.3. The minimum absolute atomic E-state index is 0.130. The fourth-order valence-electron chi connectivity index (χ4n) is 2.93. The molecule has 2 aromatic carbocycles. The summed E-state index contributed by atoms with van der Waals surface area (Å²) in [5.74, 6) is 0. The molecule has 0 saturated carbocycles. The molecular formula is C24H24N4O3S. The Kier molecular flexibility index (Phi) is 6.97. The van der Waals surface area contributed by atoms with Gasteiger partial charge in [0.2, 0.25) is 0 Å². The zero-order valence-electron chi connectivity index (χ0n) is 17.9. The number of aromatic nitrogens is 1. The van der Waals surface area contributed by atoms with Crippen molar-refractivity contribution < 1.29 is 13.0 Å². The summed E-state index contributed by atoms with van der Waals surface area (Å²) in [7, 11) is -4.47. The number of nitrogens with two attached hydrogens (primary N) is 1. The third kappa shape index (κ3) is 5.35. The van der Waals surface area contributed by atoms with Gasteiger partial charge in [-0.2, -0.15) is 8.42 Å². The maximum Gasteiger partial charge on any atom is 0.295 e. The lowest BCUT2D eigenvalue weighted by atomic mass is 10.1. The van der Waals surface area contributed by atoms with Crippen molar-refractivity contribution in [3.05, 3.63) is 84.7 Å². The summed E-state index contributed by atoms with van der Waals surface area (Å²) in [6.07, 6.45) is 8.37. The van der Waals surface area contributed by atoms with Gasteiger partial charge in [-0.1, -0.05) is 61.6 Å². The standard InChI is InChI=1S/C24H24N4O3S/c1-4-16(2)8-7-9-17(3)21-13-12-18(15-26-21)27-28-22-14-23(32(29,30)31)19-10-5-6-11-20(19)24(22)25/h5-15H,3-4,25H2,1-2H3,(H,29,30,31)/b9-7-,16-8-,28-27?. The van der Waals surface area contributed by atoms with Gasteiger partial charge in [0.15, 0.2) is 0 Å². The lowest BCUT2D eigenvalue weighted by molar-refractivity contribution is 0.484. The second kappa shape index (κ2) is 9.67. The molecule has 0 atom stereocenters. The Morgan fingerprint density at radius 1 is 1.19 bits per heavy atom. The number of hydrogen-bond donors (Lipinski definition) is 2. The third-order valence-corrected chi connectivity index (χ3v) is 5.78. The van der Waals surface area contributed by atoms with Crippen molar-refractivity contribution in [3.63, 3.8) is 0 Å². The summed E-state index contributed by atoms with van der Waals surface area (Å²) in [4.78, 5) is 4.07. The number of nitrogens with zero attached hydrogens (tertiary/aromatic N) is 3. The molecule has 8 heteroatoms. The van der Waals surface area contributed by atoms with Crippen molar-refractivity contribution in [2.24, 2.45) is 10.2 Å². The van der Waals surface area contributed by atoms with Crippen LogP contribution in [0.4, 0.5) is 17.1 Å². The van der Waals surface area contributed by atoms with Crippen molar-refractivity contribution in [1.29, 1.82) is 0 Å².